The molecule has 4 rings (SSSR count). The minimum absolute atomic E-state index is 0.216. The van der Waals surface area contributed by atoms with Crippen LogP contribution in [0.15, 0.2) is 78.1 Å². The molecule has 0 bridgehead atoms. The molecule has 7 heteroatoms. The number of benzene rings is 2. The Morgan fingerprint density at radius 3 is 2.46 bits per heavy atom. The van der Waals surface area contributed by atoms with Gasteiger partial charge in [0, 0.05) is 29.5 Å². The molecule has 0 spiro atoms. The van der Waals surface area contributed by atoms with Crippen molar-refractivity contribution in [3.05, 3.63) is 73.2 Å². The first kappa shape index (κ1) is 16.4. The molecule has 1 N–H and O–H groups in total. The molecule has 6 nitrogen and oxygen atoms in total. The third-order valence-electron chi connectivity index (χ3n) is 4.20. The van der Waals surface area contributed by atoms with Gasteiger partial charge in [-0.2, -0.15) is 0 Å². The van der Waals surface area contributed by atoms with Crippen LogP contribution >= 0.6 is 0 Å². The summed E-state index contributed by atoms with van der Waals surface area (Å²) in [6.45, 7) is 0. The highest BCUT2D eigenvalue weighted by molar-refractivity contribution is 7.89. The third kappa shape index (κ3) is 2.77. The predicted octanol–water partition coefficient (Wildman–Crippen LogP) is 3.00. The number of hydrogen-bond acceptors (Lipinski definition) is 4. The molecule has 0 atom stereocenters. The Balaban J connectivity index is 1.83. The Labute approximate surface area is 151 Å². The summed E-state index contributed by atoms with van der Waals surface area (Å²) in [4.78, 5) is 9.16. The number of hydrogen-bond donors (Lipinski definition) is 1. The highest BCUT2D eigenvalue weighted by atomic mass is 32.2. The molecule has 2 heterocycles. The van der Waals surface area contributed by atoms with Crippen LogP contribution in [0.2, 0.25) is 0 Å². The lowest BCUT2D eigenvalue weighted by Crippen LogP contribution is -2.18. The number of fused-ring (bicyclic) bond motifs is 1. The summed E-state index contributed by atoms with van der Waals surface area (Å²) < 4.78 is 28.1. The molecule has 0 fully saturated rings. The Kier molecular flexibility index (Phi) is 4.02. The molecule has 0 radical (unpaired) electrons. The minimum Gasteiger partial charge on any atom is -0.298 e. The van der Waals surface area contributed by atoms with E-state index in [9.17, 15) is 8.42 Å². The molecular weight excluding hydrogens is 348 g/mol. The van der Waals surface area contributed by atoms with Crippen molar-refractivity contribution >= 4 is 20.9 Å². The molecule has 0 saturated heterocycles. The summed E-state index contributed by atoms with van der Waals surface area (Å²) in [6.07, 6.45) is 5.35. The van der Waals surface area contributed by atoms with E-state index in [1.54, 1.807) is 36.7 Å². The summed E-state index contributed by atoms with van der Waals surface area (Å²) in [5, 5.41) is 1.04. The molecule has 2 aromatic heterocycles. The van der Waals surface area contributed by atoms with Crippen LogP contribution in [0.3, 0.4) is 0 Å². The lowest BCUT2D eigenvalue weighted by molar-refractivity contribution is 0.588. The van der Waals surface area contributed by atoms with E-state index in [1.165, 1.54) is 7.05 Å². The van der Waals surface area contributed by atoms with Crippen molar-refractivity contribution in [3.63, 3.8) is 0 Å². The van der Waals surface area contributed by atoms with Crippen molar-refractivity contribution in [1.82, 2.24) is 19.3 Å². The Morgan fingerprint density at radius 1 is 0.923 bits per heavy atom. The van der Waals surface area contributed by atoms with Crippen molar-refractivity contribution in [3.8, 4) is 17.1 Å². The fraction of sp³-hybridized carbons (Fsp3) is 0.0526. The summed E-state index contributed by atoms with van der Waals surface area (Å²) in [5.74, 6) is 0.719. The molecule has 130 valence electrons. The molecule has 0 aliphatic heterocycles. The minimum atomic E-state index is -3.46. The summed E-state index contributed by atoms with van der Waals surface area (Å²) in [6, 6.07) is 16.5. The van der Waals surface area contributed by atoms with E-state index in [0.717, 1.165) is 28.0 Å². The second-order valence-electron chi connectivity index (χ2n) is 5.71. The van der Waals surface area contributed by atoms with Crippen molar-refractivity contribution < 1.29 is 8.42 Å². The van der Waals surface area contributed by atoms with Gasteiger partial charge in [0.05, 0.1) is 16.1 Å². The van der Waals surface area contributed by atoms with E-state index in [1.807, 2.05) is 41.1 Å². The average molecular weight is 364 g/mol. The van der Waals surface area contributed by atoms with Crippen LogP contribution < -0.4 is 4.72 Å². The smallest absolute Gasteiger partial charge is 0.240 e. The van der Waals surface area contributed by atoms with Gasteiger partial charge in [0.1, 0.15) is 5.82 Å². The van der Waals surface area contributed by atoms with Crippen LogP contribution in [0.1, 0.15) is 0 Å². The number of sulfonamides is 1. The molecule has 0 unspecified atom stereocenters. The first-order valence-electron chi connectivity index (χ1n) is 8.01. The number of aromatic nitrogens is 3. The number of nitrogens with one attached hydrogen (secondary N) is 1. The summed E-state index contributed by atoms with van der Waals surface area (Å²) in [5.41, 5.74) is 2.61. The van der Waals surface area contributed by atoms with E-state index < -0.39 is 10.0 Å². The molecule has 26 heavy (non-hydrogen) atoms. The fourth-order valence-corrected chi connectivity index (χ4v) is 3.63. The van der Waals surface area contributed by atoms with Gasteiger partial charge in [-0.3, -0.25) is 9.55 Å². The van der Waals surface area contributed by atoms with Gasteiger partial charge in [0.2, 0.25) is 10.0 Å². The number of imidazole rings is 1. The van der Waals surface area contributed by atoms with Crippen LogP contribution in [-0.2, 0) is 10.0 Å². The molecule has 0 amide bonds. The zero-order valence-corrected chi connectivity index (χ0v) is 14.8. The fourth-order valence-electron chi connectivity index (χ4n) is 2.89. The largest absolute Gasteiger partial charge is 0.298 e. The Morgan fingerprint density at radius 2 is 1.69 bits per heavy atom. The van der Waals surface area contributed by atoms with Crippen molar-refractivity contribution in [2.75, 3.05) is 7.05 Å². The normalized spacial score (nSPS) is 11.7. The van der Waals surface area contributed by atoms with Gasteiger partial charge >= 0.3 is 0 Å². The highest BCUT2D eigenvalue weighted by Gasteiger charge is 2.14. The summed E-state index contributed by atoms with van der Waals surface area (Å²) >= 11 is 0. The maximum absolute atomic E-state index is 11.9. The van der Waals surface area contributed by atoms with Gasteiger partial charge in [0.15, 0.2) is 0 Å². The molecule has 0 aliphatic rings. The first-order chi connectivity index (χ1) is 12.6. The lowest BCUT2D eigenvalue weighted by Gasteiger charge is -2.11. The van der Waals surface area contributed by atoms with Crippen LogP contribution in [0.4, 0.5) is 0 Å². The average Bonchev–Trinajstić information content (AvgIpc) is 3.17. The van der Waals surface area contributed by atoms with Gasteiger partial charge in [-0.05, 0) is 43.4 Å². The number of rotatable bonds is 4. The summed E-state index contributed by atoms with van der Waals surface area (Å²) in [7, 11) is -2.07. The van der Waals surface area contributed by atoms with Gasteiger partial charge < -0.3 is 0 Å². The van der Waals surface area contributed by atoms with E-state index in [0.29, 0.717) is 0 Å². The topological polar surface area (TPSA) is 76.9 Å². The molecular formula is C19H16N4O2S. The Bertz CT molecular complexity index is 1180. The lowest BCUT2D eigenvalue weighted by atomic mass is 10.1. The SMILES string of the molecule is CNS(=O)(=O)c1ccc(-c2nccn2-c2cccc3cccnc23)cc1. The predicted molar refractivity (Wildman–Crippen MR) is 101 cm³/mol. The third-order valence-corrected chi connectivity index (χ3v) is 5.63. The van der Waals surface area contributed by atoms with Crippen LogP contribution in [0.5, 0.6) is 0 Å². The number of nitrogens with zero attached hydrogens (tertiary/aromatic N) is 3. The highest BCUT2D eigenvalue weighted by Crippen LogP contribution is 2.26. The molecule has 2 aromatic carbocycles. The maximum Gasteiger partial charge on any atom is 0.240 e. The van der Waals surface area contributed by atoms with Crippen LogP contribution in [0.25, 0.3) is 28.0 Å². The standard InChI is InChI=1S/C19H16N4O2S/c1-20-26(24,25)16-9-7-15(8-10-16)19-22-12-13-23(19)17-6-2-4-14-5-3-11-21-18(14)17/h2-13,20H,1H3. The maximum atomic E-state index is 11.9. The Hall–Kier alpha value is -3.03. The zero-order chi connectivity index (χ0) is 18.1. The van der Waals surface area contributed by atoms with Gasteiger partial charge in [-0.25, -0.2) is 18.1 Å². The van der Waals surface area contributed by atoms with Crippen molar-refractivity contribution in [2.24, 2.45) is 0 Å². The van der Waals surface area contributed by atoms with Crippen molar-refractivity contribution in [1.29, 1.82) is 0 Å². The molecule has 0 saturated carbocycles. The first-order valence-corrected chi connectivity index (χ1v) is 9.50. The monoisotopic (exact) mass is 364 g/mol. The zero-order valence-electron chi connectivity index (χ0n) is 14.0. The van der Waals surface area contributed by atoms with E-state index >= 15 is 0 Å². The molecule has 4 aromatic rings. The second kappa shape index (κ2) is 6.36. The van der Waals surface area contributed by atoms with Crippen LogP contribution in [0, 0.1) is 0 Å². The van der Waals surface area contributed by atoms with Gasteiger partial charge in [0.25, 0.3) is 0 Å². The van der Waals surface area contributed by atoms with E-state index in [4.69, 9.17) is 0 Å². The van der Waals surface area contributed by atoms with Gasteiger partial charge in [-0.1, -0.05) is 18.2 Å². The molecule has 0 aliphatic carbocycles. The van der Waals surface area contributed by atoms with E-state index in [2.05, 4.69) is 14.7 Å². The quantitative estimate of drug-likeness (QED) is 0.604. The second-order valence-corrected chi connectivity index (χ2v) is 7.59. The number of para-hydroxylation sites is 1. The van der Waals surface area contributed by atoms with E-state index in [-0.39, 0.29) is 4.90 Å². The van der Waals surface area contributed by atoms with Gasteiger partial charge in [-0.15, -0.1) is 0 Å². The van der Waals surface area contributed by atoms with Crippen molar-refractivity contribution in [2.45, 2.75) is 4.90 Å². The van der Waals surface area contributed by atoms with Crippen LogP contribution in [-0.4, -0.2) is 30.0 Å². The number of pyridine rings is 1.